The van der Waals surface area contributed by atoms with E-state index in [9.17, 15) is 4.79 Å². The Morgan fingerprint density at radius 1 is 1.23 bits per heavy atom. The fourth-order valence-electron chi connectivity index (χ4n) is 1.34. The molecule has 0 aliphatic carbocycles. The standard InChI is InChI=1S/C11H20O2/c1-4-5-6-7-11(10(3)13)9(2)8-12/h12H,4-8H2,1-3H3/b11-9-. The molecule has 1 N–H and O–H groups in total. The van der Waals surface area contributed by atoms with Crippen LogP contribution in [0.2, 0.25) is 0 Å². The van der Waals surface area contributed by atoms with Crippen molar-refractivity contribution in [2.45, 2.75) is 46.5 Å². The summed E-state index contributed by atoms with van der Waals surface area (Å²) in [6.07, 6.45) is 4.16. The van der Waals surface area contributed by atoms with Gasteiger partial charge in [0.2, 0.25) is 0 Å². The summed E-state index contributed by atoms with van der Waals surface area (Å²) in [7, 11) is 0. The van der Waals surface area contributed by atoms with E-state index in [0.29, 0.717) is 0 Å². The topological polar surface area (TPSA) is 37.3 Å². The zero-order valence-corrected chi connectivity index (χ0v) is 8.89. The van der Waals surface area contributed by atoms with Crippen molar-refractivity contribution in [1.82, 2.24) is 0 Å². The van der Waals surface area contributed by atoms with Crippen LogP contribution in [0.1, 0.15) is 46.5 Å². The Balaban J connectivity index is 4.19. The molecule has 0 spiro atoms. The van der Waals surface area contributed by atoms with E-state index in [1.807, 2.05) is 6.92 Å². The summed E-state index contributed by atoms with van der Waals surface area (Å²) in [5.74, 6) is 0.0997. The SMILES string of the molecule is CCCCC/C(C(C)=O)=C(\C)CO. The molecule has 2 heteroatoms. The van der Waals surface area contributed by atoms with Gasteiger partial charge in [0.15, 0.2) is 5.78 Å². The maximum Gasteiger partial charge on any atom is 0.155 e. The fourth-order valence-corrected chi connectivity index (χ4v) is 1.34. The van der Waals surface area contributed by atoms with E-state index in [2.05, 4.69) is 6.92 Å². The number of aliphatic hydroxyl groups is 1. The quantitative estimate of drug-likeness (QED) is 0.508. The predicted molar refractivity (Wildman–Crippen MR) is 54.6 cm³/mol. The summed E-state index contributed by atoms with van der Waals surface area (Å²) in [4.78, 5) is 11.2. The van der Waals surface area contributed by atoms with E-state index in [-0.39, 0.29) is 12.4 Å². The van der Waals surface area contributed by atoms with E-state index in [0.717, 1.165) is 36.8 Å². The van der Waals surface area contributed by atoms with Gasteiger partial charge in [-0.15, -0.1) is 0 Å². The largest absolute Gasteiger partial charge is 0.392 e. The van der Waals surface area contributed by atoms with Crippen LogP contribution < -0.4 is 0 Å². The van der Waals surface area contributed by atoms with Crippen LogP contribution >= 0.6 is 0 Å². The Labute approximate surface area is 80.7 Å². The van der Waals surface area contributed by atoms with Crippen molar-refractivity contribution < 1.29 is 9.90 Å². The second-order valence-electron chi connectivity index (χ2n) is 3.43. The molecule has 13 heavy (non-hydrogen) atoms. The van der Waals surface area contributed by atoms with Crippen LogP contribution in [0.25, 0.3) is 0 Å². The van der Waals surface area contributed by atoms with Gasteiger partial charge in [0.05, 0.1) is 6.61 Å². The van der Waals surface area contributed by atoms with Gasteiger partial charge in [-0.25, -0.2) is 0 Å². The molecule has 0 aromatic carbocycles. The summed E-state index contributed by atoms with van der Waals surface area (Å²) < 4.78 is 0. The van der Waals surface area contributed by atoms with E-state index in [4.69, 9.17) is 5.11 Å². The summed E-state index contributed by atoms with van der Waals surface area (Å²) >= 11 is 0. The first-order valence-corrected chi connectivity index (χ1v) is 4.93. The molecule has 0 heterocycles. The second-order valence-corrected chi connectivity index (χ2v) is 3.43. The number of hydrogen-bond donors (Lipinski definition) is 1. The number of allylic oxidation sites excluding steroid dienone is 1. The molecule has 0 aliphatic heterocycles. The summed E-state index contributed by atoms with van der Waals surface area (Å²) in [6.45, 7) is 5.53. The van der Waals surface area contributed by atoms with Gasteiger partial charge in [-0.2, -0.15) is 0 Å². The minimum atomic E-state index is 0.00103. The van der Waals surface area contributed by atoms with E-state index in [1.165, 1.54) is 0 Å². The highest BCUT2D eigenvalue weighted by atomic mass is 16.3. The maximum atomic E-state index is 11.2. The van der Waals surface area contributed by atoms with Crippen molar-refractivity contribution in [2.24, 2.45) is 0 Å². The summed E-state index contributed by atoms with van der Waals surface area (Å²) in [6, 6.07) is 0. The molecular weight excluding hydrogens is 164 g/mol. The van der Waals surface area contributed by atoms with Crippen molar-refractivity contribution in [2.75, 3.05) is 6.61 Å². The molecule has 0 aromatic heterocycles. The molecule has 0 aliphatic rings. The molecule has 0 bridgehead atoms. The lowest BCUT2D eigenvalue weighted by Crippen LogP contribution is -2.03. The zero-order chi connectivity index (χ0) is 10.3. The normalized spacial score (nSPS) is 12.6. The lowest BCUT2D eigenvalue weighted by Gasteiger charge is -2.06. The van der Waals surface area contributed by atoms with Crippen molar-refractivity contribution in [3.63, 3.8) is 0 Å². The predicted octanol–water partition coefficient (Wildman–Crippen LogP) is 2.46. The summed E-state index contributed by atoms with van der Waals surface area (Å²) in [5, 5.41) is 8.90. The van der Waals surface area contributed by atoms with Crippen LogP contribution in [0.5, 0.6) is 0 Å². The Bertz CT molecular complexity index is 192. The van der Waals surface area contributed by atoms with Gasteiger partial charge in [-0.3, -0.25) is 4.79 Å². The second kappa shape index (κ2) is 6.84. The Morgan fingerprint density at radius 3 is 2.23 bits per heavy atom. The summed E-state index contributed by atoms with van der Waals surface area (Å²) in [5.41, 5.74) is 1.64. The minimum Gasteiger partial charge on any atom is -0.392 e. The average molecular weight is 184 g/mol. The fraction of sp³-hybridized carbons (Fsp3) is 0.727. The monoisotopic (exact) mass is 184 g/mol. The first-order valence-electron chi connectivity index (χ1n) is 4.93. The van der Waals surface area contributed by atoms with Gasteiger partial charge in [-0.05, 0) is 37.8 Å². The first kappa shape index (κ1) is 12.4. The van der Waals surface area contributed by atoms with E-state index >= 15 is 0 Å². The third-order valence-corrected chi connectivity index (χ3v) is 2.21. The van der Waals surface area contributed by atoms with Crippen LogP contribution in [-0.4, -0.2) is 17.5 Å². The molecule has 0 radical (unpaired) electrons. The number of carbonyl (C=O) groups is 1. The number of rotatable bonds is 6. The molecule has 0 aromatic rings. The third kappa shape index (κ3) is 4.83. The molecule has 0 atom stereocenters. The molecule has 2 nitrogen and oxygen atoms in total. The Kier molecular flexibility index (Phi) is 6.51. The lowest BCUT2D eigenvalue weighted by molar-refractivity contribution is -0.113. The third-order valence-electron chi connectivity index (χ3n) is 2.21. The number of hydrogen-bond acceptors (Lipinski definition) is 2. The van der Waals surface area contributed by atoms with Gasteiger partial charge >= 0.3 is 0 Å². The molecule has 0 rings (SSSR count). The Hall–Kier alpha value is -0.630. The van der Waals surface area contributed by atoms with Crippen molar-refractivity contribution in [1.29, 1.82) is 0 Å². The maximum absolute atomic E-state index is 11.2. The van der Waals surface area contributed by atoms with Crippen LogP contribution in [0.4, 0.5) is 0 Å². The lowest BCUT2D eigenvalue weighted by atomic mass is 10.00. The Morgan fingerprint density at radius 2 is 1.85 bits per heavy atom. The van der Waals surface area contributed by atoms with Crippen LogP contribution in [0, 0.1) is 0 Å². The first-order chi connectivity index (χ1) is 6.13. The van der Waals surface area contributed by atoms with E-state index in [1.54, 1.807) is 6.92 Å². The highest BCUT2D eigenvalue weighted by molar-refractivity contribution is 5.93. The van der Waals surface area contributed by atoms with Crippen LogP contribution in [0.15, 0.2) is 11.1 Å². The van der Waals surface area contributed by atoms with Gasteiger partial charge in [0.1, 0.15) is 0 Å². The van der Waals surface area contributed by atoms with Gasteiger partial charge in [-0.1, -0.05) is 19.8 Å². The molecule has 0 saturated heterocycles. The molecule has 0 unspecified atom stereocenters. The zero-order valence-electron chi connectivity index (χ0n) is 8.89. The number of carbonyl (C=O) groups excluding carboxylic acids is 1. The number of Topliss-reactive ketones (excluding diaryl/α,β-unsaturated/α-hetero) is 1. The average Bonchev–Trinajstić information content (AvgIpc) is 2.11. The smallest absolute Gasteiger partial charge is 0.155 e. The number of ketones is 1. The highest BCUT2D eigenvalue weighted by Gasteiger charge is 2.06. The van der Waals surface area contributed by atoms with Crippen LogP contribution in [0.3, 0.4) is 0 Å². The van der Waals surface area contributed by atoms with Gasteiger partial charge in [0.25, 0.3) is 0 Å². The van der Waals surface area contributed by atoms with E-state index < -0.39 is 0 Å². The number of unbranched alkanes of at least 4 members (excludes halogenated alkanes) is 2. The molecule has 76 valence electrons. The van der Waals surface area contributed by atoms with Crippen molar-refractivity contribution >= 4 is 5.78 Å². The molecular formula is C11H20O2. The highest BCUT2D eigenvalue weighted by Crippen LogP contribution is 2.14. The van der Waals surface area contributed by atoms with Crippen LogP contribution in [-0.2, 0) is 4.79 Å². The van der Waals surface area contributed by atoms with Crippen molar-refractivity contribution in [3.05, 3.63) is 11.1 Å². The van der Waals surface area contributed by atoms with Gasteiger partial charge in [0, 0.05) is 0 Å². The molecule has 0 amide bonds. The number of aliphatic hydroxyl groups excluding tert-OH is 1. The minimum absolute atomic E-state index is 0.00103. The van der Waals surface area contributed by atoms with Gasteiger partial charge < -0.3 is 5.11 Å². The molecule has 0 saturated carbocycles. The van der Waals surface area contributed by atoms with Crippen molar-refractivity contribution in [3.8, 4) is 0 Å². The molecule has 0 fully saturated rings.